The van der Waals surface area contributed by atoms with E-state index >= 15 is 0 Å². The van der Waals surface area contributed by atoms with E-state index in [0.29, 0.717) is 18.0 Å². The number of nitrogens with zero attached hydrogens (tertiary/aromatic N) is 1. The Labute approximate surface area is 109 Å². The Morgan fingerprint density at radius 1 is 1.44 bits per heavy atom. The molecule has 3 heteroatoms. The molecule has 0 aromatic heterocycles. The topological polar surface area (TPSA) is 20.3 Å². The molecule has 18 heavy (non-hydrogen) atoms. The van der Waals surface area contributed by atoms with Crippen LogP contribution in [0.2, 0.25) is 0 Å². The number of Topliss-reactive ketones (excluding diaryl/α,β-unsaturated/α-hetero) is 1. The second kappa shape index (κ2) is 7.27. The van der Waals surface area contributed by atoms with E-state index in [1.54, 1.807) is 12.1 Å². The Morgan fingerprint density at radius 2 is 2.17 bits per heavy atom. The van der Waals surface area contributed by atoms with Crippen LogP contribution in [0.1, 0.15) is 43.5 Å². The first-order valence-corrected chi connectivity index (χ1v) is 6.53. The second-order valence-electron chi connectivity index (χ2n) is 4.80. The molecule has 0 radical (unpaired) electrons. The first-order chi connectivity index (χ1) is 8.54. The summed E-state index contributed by atoms with van der Waals surface area (Å²) in [6, 6.07) is 6.38. The molecule has 0 aliphatic heterocycles. The van der Waals surface area contributed by atoms with Gasteiger partial charge in [-0.15, -0.1) is 0 Å². The summed E-state index contributed by atoms with van der Waals surface area (Å²) >= 11 is 0. The zero-order valence-electron chi connectivity index (χ0n) is 11.4. The molecule has 0 saturated heterocycles. The predicted octanol–water partition coefficient (Wildman–Crippen LogP) is 3.52. The lowest BCUT2D eigenvalue weighted by Gasteiger charge is -2.23. The van der Waals surface area contributed by atoms with Crippen molar-refractivity contribution in [2.75, 3.05) is 13.6 Å². The summed E-state index contributed by atoms with van der Waals surface area (Å²) < 4.78 is 13.0. The minimum absolute atomic E-state index is 0.00467. The van der Waals surface area contributed by atoms with Crippen LogP contribution in [0, 0.1) is 5.82 Å². The normalized spacial score (nSPS) is 12.7. The Bertz CT molecular complexity index is 392. The highest BCUT2D eigenvalue weighted by molar-refractivity contribution is 5.96. The Hall–Kier alpha value is -1.22. The molecule has 2 nitrogen and oxygen atoms in total. The molecular formula is C15H22FNO. The van der Waals surface area contributed by atoms with Crippen LogP contribution >= 0.6 is 0 Å². The van der Waals surface area contributed by atoms with Crippen LogP contribution < -0.4 is 0 Å². The molecule has 1 rings (SSSR count). The van der Waals surface area contributed by atoms with Crippen LogP contribution in [0.25, 0.3) is 0 Å². The molecule has 0 aliphatic rings. The van der Waals surface area contributed by atoms with Crippen LogP contribution in [0.15, 0.2) is 24.3 Å². The zero-order valence-corrected chi connectivity index (χ0v) is 11.4. The molecule has 0 fully saturated rings. The van der Waals surface area contributed by atoms with Crippen molar-refractivity contribution in [1.82, 2.24) is 4.90 Å². The van der Waals surface area contributed by atoms with Crippen molar-refractivity contribution < 1.29 is 9.18 Å². The van der Waals surface area contributed by atoms with Crippen molar-refractivity contribution in [2.24, 2.45) is 0 Å². The van der Waals surface area contributed by atoms with E-state index < -0.39 is 0 Å². The molecule has 0 bridgehead atoms. The van der Waals surface area contributed by atoms with Gasteiger partial charge in [0.25, 0.3) is 0 Å². The first-order valence-electron chi connectivity index (χ1n) is 6.53. The van der Waals surface area contributed by atoms with Crippen LogP contribution in [-0.4, -0.2) is 30.3 Å². The van der Waals surface area contributed by atoms with E-state index in [1.807, 2.05) is 7.05 Å². The maximum atomic E-state index is 13.0. The summed E-state index contributed by atoms with van der Waals surface area (Å²) in [4.78, 5) is 14.1. The summed E-state index contributed by atoms with van der Waals surface area (Å²) in [5.41, 5.74) is 0.464. The van der Waals surface area contributed by atoms with Gasteiger partial charge in [-0.25, -0.2) is 4.39 Å². The minimum Gasteiger partial charge on any atom is -0.303 e. The highest BCUT2D eigenvalue weighted by Crippen LogP contribution is 2.09. The third kappa shape index (κ3) is 4.57. The van der Waals surface area contributed by atoms with Crippen molar-refractivity contribution in [3.63, 3.8) is 0 Å². The molecule has 0 amide bonds. The zero-order chi connectivity index (χ0) is 13.5. The maximum Gasteiger partial charge on any atom is 0.164 e. The number of carbonyl (C=O) groups excluding carboxylic acids is 1. The molecule has 0 N–H and O–H groups in total. The third-order valence-corrected chi connectivity index (χ3v) is 3.30. The lowest BCUT2D eigenvalue weighted by molar-refractivity contribution is 0.0960. The number of carbonyl (C=O) groups is 1. The van der Waals surface area contributed by atoms with Crippen molar-refractivity contribution in [3.05, 3.63) is 35.6 Å². The molecule has 1 aromatic rings. The fraction of sp³-hybridized carbons (Fsp3) is 0.533. The van der Waals surface area contributed by atoms with E-state index in [1.165, 1.54) is 12.1 Å². The third-order valence-electron chi connectivity index (χ3n) is 3.30. The minimum atomic E-state index is -0.353. The summed E-state index contributed by atoms with van der Waals surface area (Å²) in [6.45, 7) is 5.04. The van der Waals surface area contributed by atoms with Crippen LogP contribution in [0.5, 0.6) is 0 Å². The van der Waals surface area contributed by atoms with Crippen molar-refractivity contribution >= 4 is 5.78 Å². The Balaban J connectivity index is 2.46. The monoisotopic (exact) mass is 251 g/mol. The van der Waals surface area contributed by atoms with Crippen molar-refractivity contribution in [3.8, 4) is 0 Å². The number of hydrogen-bond acceptors (Lipinski definition) is 2. The summed E-state index contributed by atoms with van der Waals surface area (Å²) in [5, 5.41) is 0. The summed E-state index contributed by atoms with van der Waals surface area (Å²) in [7, 11) is 2.03. The molecule has 1 aromatic carbocycles. The van der Waals surface area contributed by atoms with Crippen LogP contribution in [0.3, 0.4) is 0 Å². The van der Waals surface area contributed by atoms with Crippen molar-refractivity contribution in [1.29, 1.82) is 0 Å². The number of halogens is 1. The highest BCUT2D eigenvalue weighted by atomic mass is 19.1. The molecule has 0 heterocycles. The Morgan fingerprint density at radius 3 is 2.78 bits per heavy atom. The molecule has 0 aliphatic carbocycles. The van der Waals surface area contributed by atoms with Gasteiger partial charge in [0.05, 0.1) is 0 Å². The van der Waals surface area contributed by atoms with E-state index in [0.717, 1.165) is 19.4 Å². The lowest BCUT2D eigenvalue weighted by atomic mass is 10.1. The lowest BCUT2D eigenvalue weighted by Crippen LogP contribution is -2.31. The standard InChI is InChI=1S/C15H22FNO/c1-4-6-12(2)17(3)10-9-15(18)13-7-5-8-14(16)11-13/h5,7-8,11-12H,4,6,9-10H2,1-3H3. The maximum absolute atomic E-state index is 13.0. The average molecular weight is 251 g/mol. The largest absolute Gasteiger partial charge is 0.303 e. The summed E-state index contributed by atoms with van der Waals surface area (Å²) in [6.07, 6.45) is 2.71. The molecule has 1 atom stereocenters. The fourth-order valence-electron chi connectivity index (χ4n) is 1.94. The number of benzene rings is 1. The molecular weight excluding hydrogens is 229 g/mol. The van der Waals surface area contributed by atoms with Gasteiger partial charge >= 0.3 is 0 Å². The molecule has 100 valence electrons. The van der Waals surface area contributed by atoms with Gasteiger partial charge in [-0.05, 0) is 32.5 Å². The number of ketones is 1. The van der Waals surface area contributed by atoms with Crippen LogP contribution in [0.4, 0.5) is 4.39 Å². The van der Waals surface area contributed by atoms with E-state index in [-0.39, 0.29) is 11.6 Å². The number of rotatable bonds is 7. The SMILES string of the molecule is CCCC(C)N(C)CCC(=O)c1cccc(F)c1. The van der Waals surface area contributed by atoms with Gasteiger partial charge in [0.15, 0.2) is 5.78 Å². The van der Waals surface area contributed by atoms with Gasteiger partial charge in [-0.3, -0.25) is 4.79 Å². The van der Waals surface area contributed by atoms with E-state index in [2.05, 4.69) is 18.7 Å². The van der Waals surface area contributed by atoms with Crippen molar-refractivity contribution in [2.45, 2.75) is 39.2 Å². The van der Waals surface area contributed by atoms with Gasteiger partial charge in [0, 0.05) is 24.6 Å². The second-order valence-corrected chi connectivity index (χ2v) is 4.80. The van der Waals surface area contributed by atoms with E-state index in [9.17, 15) is 9.18 Å². The Kier molecular flexibility index (Phi) is 5.99. The molecule has 0 saturated carbocycles. The molecule has 0 spiro atoms. The first kappa shape index (κ1) is 14.8. The van der Waals surface area contributed by atoms with Crippen LogP contribution in [-0.2, 0) is 0 Å². The van der Waals surface area contributed by atoms with Gasteiger partial charge < -0.3 is 4.90 Å². The summed E-state index contributed by atoms with van der Waals surface area (Å²) in [5.74, 6) is -0.349. The average Bonchev–Trinajstić information content (AvgIpc) is 2.35. The molecule has 1 unspecified atom stereocenters. The van der Waals surface area contributed by atoms with E-state index in [4.69, 9.17) is 0 Å². The highest BCUT2D eigenvalue weighted by Gasteiger charge is 2.11. The fourth-order valence-corrected chi connectivity index (χ4v) is 1.94. The van der Waals surface area contributed by atoms with Gasteiger partial charge in [-0.1, -0.05) is 25.5 Å². The quantitative estimate of drug-likeness (QED) is 0.691. The predicted molar refractivity (Wildman–Crippen MR) is 72.3 cm³/mol. The smallest absolute Gasteiger partial charge is 0.164 e. The van der Waals surface area contributed by atoms with Gasteiger partial charge in [0.2, 0.25) is 0 Å². The van der Waals surface area contributed by atoms with Gasteiger partial charge in [-0.2, -0.15) is 0 Å². The number of hydrogen-bond donors (Lipinski definition) is 0. The van der Waals surface area contributed by atoms with Gasteiger partial charge in [0.1, 0.15) is 5.82 Å².